The molecule has 1 aliphatic rings. The molecule has 1 aromatic rings. The smallest absolute Gasteiger partial charge is 0.319 e. The number of urea groups is 1. The number of carbonyl (C=O) groups is 3. The highest BCUT2D eigenvalue weighted by atomic mass is 16.4. The van der Waals surface area contributed by atoms with Crippen molar-refractivity contribution in [2.24, 2.45) is 5.92 Å². The minimum Gasteiger partial charge on any atom is -0.481 e. The predicted molar refractivity (Wildman–Crippen MR) is 94.6 cm³/mol. The maximum absolute atomic E-state index is 12.7. The van der Waals surface area contributed by atoms with Crippen molar-refractivity contribution in [3.63, 3.8) is 0 Å². The number of carbonyl (C=O) groups excluding carboxylic acids is 2. The van der Waals surface area contributed by atoms with E-state index in [0.29, 0.717) is 17.8 Å². The van der Waals surface area contributed by atoms with Crippen molar-refractivity contribution in [2.45, 2.75) is 39.2 Å². The van der Waals surface area contributed by atoms with Crippen molar-refractivity contribution in [3.05, 3.63) is 29.8 Å². The molecule has 2 rings (SSSR count). The Morgan fingerprint density at radius 1 is 1.28 bits per heavy atom. The molecule has 1 fully saturated rings. The molecule has 7 nitrogen and oxygen atoms in total. The summed E-state index contributed by atoms with van der Waals surface area (Å²) in [7, 11) is 0. The first kappa shape index (κ1) is 18.8. The first-order valence-corrected chi connectivity index (χ1v) is 8.54. The molecule has 0 heterocycles. The molecule has 25 heavy (non-hydrogen) atoms. The van der Waals surface area contributed by atoms with E-state index in [1.54, 1.807) is 29.2 Å². The van der Waals surface area contributed by atoms with Crippen LogP contribution in [0.15, 0.2) is 24.3 Å². The molecule has 0 spiro atoms. The first-order valence-electron chi connectivity index (χ1n) is 8.54. The highest BCUT2D eigenvalue weighted by Crippen LogP contribution is 2.19. The number of anilines is 1. The van der Waals surface area contributed by atoms with Crippen molar-refractivity contribution in [1.82, 2.24) is 10.2 Å². The van der Waals surface area contributed by atoms with Gasteiger partial charge in [-0.2, -0.15) is 0 Å². The summed E-state index contributed by atoms with van der Waals surface area (Å²) in [5, 5.41) is 14.4. The zero-order valence-electron chi connectivity index (χ0n) is 14.6. The third kappa shape index (κ3) is 6.45. The molecule has 0 radical (unpaired) electrons. The van der Waals surface area contributed by atoms with E-state index in [1.165, 1.54) is 0 Å². The number of aliphatic carboxylic acids is 1. The molecule has 1 saturated carbocycles. The zero-order valence-corrected chi connectivity index (χ0v) is 14.6. The third-order valence-corrected chi connectivity index (χ3v) is 3.75. The number of carboxylic acid groups (broad SMARTS) is 1. The average Bonchev–Trinajstić information content (AvgIpc) is 3.34. The normalized spacial score (nSPS) is 13.4. The predicted octanol–water partition coefficient (Wildman–Crippen LogP) is 2.54. The van der Waals surface area contributed by atoms with Crippen LogP contribution < -0.4 is 10.6 Å². The summed E-state index contributed by atoms with van der Waals surface area (Å²) < 4.78 is 0. The maximum atomic E-state index is 12.7. The molecule has 0 unspecified atom stereocenters. The van der Waals surface area contributed by atoms with E-state index >= 15 is 0 Å². The van der Waals surface area contributed by atoms with Crippen LogP contribution >= 0.6 is 0 Å². The van der Waals surface area contributed by atoms with Gasteiger partial charge >= 0.3 is 12.0 Å². The van der Waals surface area contributed by atoms with Gasteiger partial charge < -0.3 is 20.6 Å². The highest BCUT2D eigenvalue weighted by Gasteiger charge is 2.23. The van der Waals surface area contributed by atoms with Gasteiger partial charge in [-0.25, -0.2) is 4.79 Å². The Hall–Kier alpha value is -2.57. The fourth-order valence-corrected chi connectivity index (χ4v) is 2.44. The van der Waals surface area contributed by atoms with Crippen LogP contribution in [0.3, 0.4) is 0 Å². The second-order valence-corrected chi connectivity index (χ2v) is 6.74. The van der Waals surface area contributed by atoms with E-state index in [9.17, 15) is 14.4 Å². The van der Waals surface area contributed by atoms with Gasteiger partial charge in [0.2, 0.25) is 0 Å². The molecule has 1 aromatic carbocycles. The van der Waals surface area contributed by atoms with Gasteiger partial charge in [0.05, 0.1) is 6.42 Å². The van der Waals surface area contributed by atoms with Gasteiger partial charge in [0, 0.05) is 30.4 Å². The Kier molecular flexibility index (Phi) is 6.38. The topological polar surface area (TPSA) is 98.7 Å². The number of nitrogens with zero attached hydrogens (tertiary/aromatic N) is 1. The number of hydrogen-bond acceptors (Lipinski definition) is 3. The standard InChI is InChI=1S/C18H25N3O4/c1-12(2)11-21(9-8-16(22)23)17(24)13-4-3-5-15(10-13)20-18(25)19-14-6-7-14/h3-5,10,12,14H,6-9,11H2,1-2H3,(H,22,23)(H2,19,20,25). The van der Waals surface area contributed by atoms with Crippen LogP contribution in [0.25, 0.3) is 0 Å². The van der Waals surface area contributed by atoms with Crippen molar-refractivity contribution in [3.8, 4) is 0 Å². The molecule has 3 amide bonds. The lowest BCUT2D eigenvalue weighted by molar-refractivity contribution is -0.137. The number of hydrogen-bond donors (Lipinski definition) is 3. The highest BCUT2D eigenvalue weighted by molar-refractivity contribution is 5.97. The Labute approximate surface area is 147 Å². The molecule has 0 bridgehead atoms. The van der Waals surface area contributed by atoms with Crippen molar-refractivity contribution in [1.29, 1.82) is 0 Å². The minimum atomic E-state index is -0.936. The van der Waals surface area contributed by atoms with Crippen LogP contribution in [0, 0.1) is 5.92 Å². The Morgan fingerprint density at radius 2 is 2.00 bits per heavy atom. The fraction of sp³-hybridized carbons (Fsp3) is 0.500. The van der Waals surface area contributed by atoms with Gasteiger partial charge in [0.25, 0.3) is 5.91 Å². The lowest BCUT2D eigenvalue weighted by atomic mass is 10.1. The molecule has 0 atom stereocenters. The monoisotopic (exact) mass is 347 g/mol. The SMILES string of the molecule is CC(C)CN(CCC(=O)O)C(=O)c1cccc(NC(=O)NC2CC2)c1. The molecular formula is C18H25N3O4. The van der Waals surface area contributed by atoms with E-state index in [4.69, 9.17) is 5.11 Å². The largest absolute Gasteiger partial charge is 0.481 e. The lowest BCUT2D eigenvalue weighted by Crippen LogP contribution is -2.36. The van der Waals surface area contributed by atoms with E-state index in [0.717, 1.165) is 12.8 Å². The van der Waals surface area contributed by atoms with Crippen LogP contribution in [0.2, 0.25) is 0 Å². The van der Waals surface area contributed by atoms with Crippen LogP contribution in [0.5, 0.6) is 0 Å². The quantitative estimate of drug-likeness (QED) is 0.673. The van der Waals surface area contributed by atoms with Gasteiger partial charge in [0.1, 0.15) is 0 Å². The average molecular weight is 347 g/mol. The molecule has 0 aromatic heterocycles. The van der Waals surface area contributed by atoms with Gasteiger partial charge in [-0.3, -0.25) is 9.59 Å². The van der Waals surface area contributed by atoms with Crippen LogP contribution in [0.1, 0.15) is 43.5 Å². The second-order valence-electron chi connectivity index (χ2n) is 6.74. The number of amides is 3. The molecule has 1 aliphatic carbocycles. The van der Waals surface area contributed by atoms with E-state index in [2.05, 4.69) is 10.6 Å². The Balaban J connectivity index is 2.05. The number of nitrogens with one attached hydrogen (secondary N) is 2. The van der Waals surface area contributed by atoms with E-state index in [1.807, 2.05) is 13.8 Å². The van der Waals surface area contributed by atoms with E-state index < -0.39 is 5.97 Å². The van der Waals surface area contributed by atoms with Gasteiger partial charge in [-0.15, -0.1) is 0 Å². The summed E-state index contributed by atoms with van der Waals surface area (Å²) in [6.07, 6.45) is 1.90. The maximum Gasteiger partial charge on any atom is 0.319 e. The Morgan fingerprint density at radius 3 is 2.60 bits per heavy atom. The van der Waals surface area contributed by atoms with Crippen molar-refractivity contribution >= 4 is 23.6 Å². The molecule has 0 saturated heterocycles. The summed E-state index contributed by atoms with van der Waals surface area (Å²) in [4.78, 5) is 36.9. The summed E-state index contributed by atoms with van der Waals surface area (Å²) >= 11 is 0. The molecule has 0 aliphatic heterocycles. The minimum absolute atomic E-state index is 0.0970. The summed E-state index contributed by atoms with van der Waals surface area (Å²) in [5.74, 6) is -0.946. The number of benzene rings is 1. The van der Waals surface area contributed by atoms with Gasteiger partial charge in [0.15, 0.2) is 0 Å². The molecule has 7 heteroatoms. The molecular weight excluding hydrogens is 322 g/mol. The number of rotatable bonds is 8. The zero-order chi connectivity index (χ0) is 18.4. The lowest BCUT2D eigenvalue weighted by Gasteiger charge is -2.24. The molecule has 136 valence electrons. The third-order valence-electron chi connectivity index (χ3n) is 3.75. The van der Waals surface area contributed by atoms with Gasteiger partial charge in [-0.1, -0.05) is 19.9 Å². The summed E-state index contributed by atoms with van der Waals surface area (Å²) in [6.45, 7) is 4.58. The van der Waals surface area contributed by atoms with Gasteiger partial charge in [-0.05, 0) is 37.0 Å². The Bertz CT molecular complexity index is 641. The van der Waals surface area contributed by atoms with Crippen molar-refractivity contribution in [2.75, 3.05) is 18.4 Å². The van der Waals surface area contributed by atoms with Crippen LogP contribution in [-0.4, -0.2) is 47.0 Å². The summed E-state index contributed by atoms with van der Waals surface area (Å²) in [6, 6.07) is 6.67. The van der Waals surface area contributed by atoms with E-state index in [-0.39, 0.29) is 36.9 Å². The fourth-order valence-electron chi connectivity index (χ4n) is 2.44. The second kappa shape index (κ2) is 8.50. The first-order chi connectivity index (χ1) is 11.8. The molecule has 3 N–H and O–H groups in total. The summed E-state index contributed by atoms with van der Waals surface area (Å²) in [5.41, 5.74) is 0.960. The van der Waals surface area contributed by atoms with Crippen molar-refractivity contribution < 1.29 is 19.5 Å². The van der Waals surface area contributed by atoms with Crippen LogP contribution in [-0.2, 0) is 4.79 Å². The van der Waals surface area contributed by atoms with Crippen LogP contribution in [0.4, 0.5) is 10.5 Å². The number of carboxylic acids is 1.